The van der Waals surface area contributed by atoms with Gasteiger partial charge in [-0.2, -0.15) is 5.10 Å². The Morgan fingerprint density at radius 3 is 2.80 bits per heavy atom. The minimum absolute atomic E-state index is 0.131. The van der Waals surface area contributed by atoms with E-state index in [9.17, 15) is 9.59 Å². The Labute approximate surface area is 145 Å². The second kappa shape index (κ2) is 6.80. The van der Waals surface area contributed by atoms with Crippen LogP contribution in [-0.4, -0.2) is 32.5 Å². The van der Waals surface area contributed by atoms with Crippen molar-refractivity contribution in [1.82, 2.24) is 19.5 Å². The number of anilines is 1. The molecule has 2 amide bonds. The highest BCUT2D eigenvalue weighted by molar-refractivity contribution is 6.00. The molecule has 2 heterocycles. The van der Waals surface area contributed by atoms with Gasteiger partial charge in [-0.15, -0.1) is 0 Å². The molecule has 2 aromatic heterocycles. The van der Waals surface area contributed by atoms with Crippen molar-refractivity contribution in [3.05, 3.63) is 53.5 Å². The normalized spacial score (nSPS) is 10.8. The molecule has 1 aromatic carbocycles. The summed E-state index contributed by atoms with van der Waals surface area (Å²) in [6, 6.07) is 5.91. The number of aromatic nitrogens is 3. The average Bonchev–Trinajstić information content (AvgIpc) is 3.14. The summed E-state index contributed by atoms with van der Waals surface area (Å²) in [7, 11) is 1.85. The number of amides is 2. The molecule has 0 aliphatic carbocycles. The van der Waals surface area contributed by atoms with Gasteiger partial charge in [0, 0.05) is 38.1 Å². The van der Waals surface area contributed by atoms with Gasteiger partial charge in [-0.1, -0.05) is 12.1 Å². The third kappa shape index (κ3) is 3.55. The number of benzene rings is 1. The molecule has 0 unspecified atom stereocenters. The number of hydrogen-bond acceptors (Lipinski definition) is 3. The topological polar surface area (TPSA) is 80.4 Å². The van der Waals surface area contributed by atoms with Gasteiger partial charge in [-0.05, 0) is 31.0 Å². The Morgan fingerprint density at radius 2 is 2.00 bits per heavy atom. The van der Waals surface area contributed by atoms with Crippen molar-refractivity contribution in [2.45, 2.75) is 20.3 Å². The van der Waals surface area contributed by atoms with Crippen LogP contribution in [0.1, 0.15) is 27.9 Å². The van der Waals surface area contributed by atoms with Crippen LogP contribution in [-0.2, 0) is 11.8 Å². The molecule has 0 saturated carbocycles. The summed E-state index contributed by atoms with van der Waals surface area (Å²) in [6.07, 6.45) is 5.35. The highest BCUT2D eigenvalue weighted by Crippen LogP contribution is 2.16. The van der Waals surface area contributed by atoms with E-state index in [1.165, 1.54) is 6.20 Å². The standard InChI is InChI=1S/C18H21N5O2/c1-12-4-5-13(2)15(10-12)21-16(24)6-7-19-17(25)14-11-20-23-9-8-22(3)18(14)23/h4-5,8-11H,6-7H2,1-3H3,(H,19,25)(H,21,24). The van der Waals surface area contributed by atoms with Gasteiger partial charge in [0.15, 0.2) is 0 Å². The average molecular weight is 339 g/mol. The van der Waals surface area contributed by atoms with Crippen LogP contribution in [0.2, 0.25) is 0 Å². The summed E-state index contributed by atoms with van der Waals surface area (Å²) in [6.45, 7) is 4.19. The molecule has 3 aromatic rings. The van der Waals surface area contributed by atoms with Gasteiger partial charge in [0.2, 0.25) is 5.91 Å². The van der Waals surface area contributed by atoms with Crippen molar-refractivity contribution in [3.8, 4) is 0 Å². The van der Waals surface area contributed by atoms with Crippen LogP contribution in [0.4, 0.5) is 5.69 Å². The molecular weight excluding hydrogens is 318 g/mol. The molecule has 0 aliphatic rings. The first-order valence-electron chi connectivity index (χ1n) is 8.09. The molecule has 25 heavy (non-hydrogen) atoms. The van der Waals surface area contributed by atoms with E-state index in [2.05, 4.69) is 15.7 Å². The quantitative estimate of drug-likeness (QED) is 0.746. The van der Waals surface area contributed by atoms with E-state index in [0.29, 0.717) is 5.56 Å². The van der Waals surface area contributed by atoms with E-state index in [1.54, 1.807) is 10.7 Å². The number of aryl methyl sites for hydroxylation is 3. The fourth-order valence-electron chi connectivity index (χ4n) is 2.68. The predicted octanol–water partition coefficient (Wildman–Crippen LogP) is 2.05. The van der Waals surface area contributed by atoms with Crippen molar-refractivity contribution in [2.75, 3.05) is 11.9 Å². The van der Waals surface area contributed by atoms with E-state index >= 15 is 0 Å². The van der Waals surface area contributed by atoms with Crippen molar-refractivity contribution < 1.29 is 9.59 Å². The molecular formula is C18H21N5O2. The maximum atomic E-state index is 12.3. The van der Waals surface area contributed by atoms with Gasteiger partial charge < -0.3 is 15.2 Å². The monoisotopic (exact) mass is 339 g/mol. The number of nitrogens with zero attached hydrogens (tertiary/aromatic N) is 3. The Bertz CT molecular complexity index is 938. The SMILES string of the molecule is Cc1ccc(C)c(NC(=O)CCNC(=O)c2cnn3ccn(C)c23)c1. The number of rotatable bonds is 5. The lowest BCUT2D eigenvalue weighted by Gasteiger charge is -2.10. The lowest BCUT2D eigenvalue weighted by Crippen LogP contribution is -2.27. The molecule has 0 fully saturated rings. The lowest BCUT2D eigenvalue weighted by atomic mass is 10.1. The van der Waals surface area contributed by atoms with Crippen LogP contribution in [0.3, 0.4) is 0 Å². The Morgan fingerprint density at radius 1 is 1.20 bits per heavy atom. The Balaban J connectivity index is 1.55. The van der Waals surface area contributed by atoms with E-state index in [-0.39, 0.29) is 24.8 Å². The fraction of sp³-hybridized carbons (Fsp3) is 0.278. The number of fused-ring (bicyclic) bond motifs is 1. The zero-order valence-electron chi connectivity index (χ0n) is 14.5. The van der Waals surface area contributed by atoms with Crippen molar-refractivity contribution in [3.63, 3.8) is 0 Å². The van der Waals surface area contributed by atoms with Gasteiger partial charge in [0.1, 0.15) is 11.2 Å². The number of carbonyl (C=O) groups is 2. The molecule has 7 heteroatoms. The van der Waals surface area contributed by atoms with Crippen molar-refractivity contribution in [1.29, 1.82) is 0 Å². The van der Waals surface area contributed by atoms with Crippen molar-refractivity contribution >= 4 is 23.1 Å². The van der Waals surface area contributed by atoms with Crippen LogP contribution in [0.25, 0.3) is 5.65 Å². The Kier molecular flexibility index (Phi) is 4.56. The minimum Gasteiger partial charge on any atom is -0.351 e. The fourth-order valence-corrected chi connectivity index (χ4v) is 2.68. The number of nitrogens with one attached hydrogen (secondary N) is 2. The third-order valence-corrected chi connectivity index (χ3v) is 4.08. The van der Waals surface area contributed by atoms with Gasteiger partial charge in [0.25, 0.3) is 5.91 Å². The van der Waals surface area contributed by atoms with Gasteiger partial charge in [0.05, 0.1) is 6.20 Å². The van der Waals surface area contributed by atoms with Gasteiger partial charge >= 0.3 is 0 Å². The first-order valence-corrected chi connectivity index (χ1v) is 8.09. The van der Waals surface area contributed by atoms with Gasteiger partial charge in [-0.25, -0.2) is 4.52 Å². The maximum Gasteiger partial charge on any atom is 0.256 e. The molecule has 0 saturated heterocycles. The largest absolute Gasteiger partial charge is 0.351 e. The summed E-state index contributed by atoms with van der Waals surface area (Å²) in [5.74, 6) is -0.371. The first kappa shape index (κ1) is 16.8. The molecule has 0 aliphatic heterocycles. The lowest BCUT2D eigenvalue weighted by molar-refractivity contribution is -0.116. The second-order valence-electron chi connectivity index (χ2n) is 6.11. The molecule has 0 bridgehead atoms. The second-order valence-corrected chi connectivity index (χ2v) is 6.11. The molecule has 130 valence electrons. The summed E-state index contributed by atoms with van der Waals surface area (Å²) in [4.78, 5) is 24.4. The number of carbonyl (C=O) groups excluding carboxylic acids is 2. The Hall–Kier alpha value is -3.09. The molecule has 7 nitrogen and oxygen atoms in total. The van der Waals surface area contributed by atoms with Crippen LogP contribution in [0, 0.1) is 13.8 Å². The molecule has 2 N–H and O–H groups in total. The van der Waals surface area contributed by atoms with Crippen LogP contribution >= 0.6 is 0 Å². The number of imidazole rings is 1. The summed E-state index contributed by atoms with van der Waals surface area (Å²) in [5.41, 5.74) is 4.11. The third-order valence-electron chi connectivity index (χ3n) is 4.08. The zero-order chi connectivity index (χ0) is 18.0. The predicted molar refractivity (Wildman–Crippen MR) is 95.7 cm³/mol. The smallest absolute Gasteiger partial charge is 0.256 e. The highest BCUT2D eigenvalue weighted by atomic mass is 16.2. The molecule has 0 radical (unpaired) electrons. The first-order chi connectivity index (χ1) is 12.0. The van der Waals surface area contributed by atoms with Crippen molar-refractivity contribution in [2.24, 2.45) is 7.05 Å². The molecule has 0 spiro atoms. The van der Waals surface area contributed by atoms with E-state index in [1.807, 2.05) is 49.9 Å². The van der Waals surface area contributed by atoms with Gasteiger partial charge in [-0.3, -0.25) is 9.59 Å². The maximum absolute atomic E-state index is 12.3. The summed E-state index contributed by atoms with van der Waals surface area (Å²) >= 11 is 0. The van der Waals surface area contributed by atoms with Crippen LogP contribution in [0.5, 0.6) is 0 Å². The minimum atomic E-state index is -0.240. The summed E-state index contributed by atoms with van der Waals surface area (Å²) < 4.78 is 3.47. The number of hydrogen-bond donors (Lipinski definition) is 2. The van der Waals surface area contributed by atoms with E-state index in [0.717, 1.165) is 22.5 Å². The van der Waals surface area contributed by atoms with Crippen LogP contribution < -0.4 is 10.6 Å². The zero-order valence-corrected chi connectivity index (χ0v) is 14.5. The highest BCUT2D eigenvalue weighted by Gasteiger charge is 2.15. The van der Waals surface area contributed by atoms with Crippen LogP contribution in [0.15, 0.2) is 36.8 Å². The van der Waals surface area contributed by atoms with E-state index < -0.39 is 0 Å². The van der Waals surface area contributed by atoms with E-state index in [4.69, 9.17) is 0 Å². The molecule has 0 atom stereocenters. The molecule has 3 rings (SSSR count). The summed E-state index contributed by atoms with van der Waals surface area (Å²) in [5, 5.41) is 9.79.